The van der Waals surface area contributed by atoms with Crippen LogP contribution >= 0.6 is 11.6 Å². The molecule has 3 heteroatoms. The quantitative estimate of drug-likeness (QED) is 0.583. The van der Waals surface area contributed by atoms with Crippen LogP contribution in [0.2, 0.25) is 0 Å². The third kappa shape index (κ3) is 2.86. The number of fused-ring (bicyclic) bond motifs is 1. The molecule has 0 radical (unpaired) electrons. The Bertz CT molecular complexity index is 458. The van der Waals surface area contributed by atoms with Crippen LogP contribution in [0, 0.1) is 0 Å². The third-order valence-corrected chi connectivity index (χ3v) is 2.62. The lowest BCUT2D eigenvalue weighted by molar-refractivity contribution is 0.299. The summed E-state index contributed by atoms with van der Waals surface area (Å²) >= 11 is 5.59. The zero-order valence-corrected chi connectivity index (χ0v) is 9.78. The Kier molecular flexibility index (Phi) is 4.00. The predicted octanol–water partition coefficient (Wildman–Crippen LogP) is 3.63. The van der Waals surface area contributed by atoms with Crippen LogP contribution in [0.4, 0.5) is 0 Å². The second-order valence-electron chi connectivity index (χ2n) is 3.59. The average Bonchev–Trinajstić information content (AvgIpc) is 2.34. The van der Waals surface area contributed by atoms with E-state index in [2.05, 4.69) is 4.98 Å². The molecule has 0 atom stereocenters. The van der Waals surface area contributed by atoms with Gasteiger partial charge in [-0.05, 0) is 25.0 Å². The van der Waals surface area contributed by atoms with Gasteiger partial charge in [0, 0.05) is 17.3 Å². The van der Waals surface area contributed by atoms with Crippen LogP contribution in [-0.2, 0) is 0 Å². The van der Waals surface area contributed by atoms with Crippen molar-refractivity contribution in [1.82, 2.24) is 4.98 Å². The summed E-state index contributed by atoms with van der Waals surface area (Å²) in [6, 6.07) is 11.9. The second-order valence-corrected chi connectivity index (χ2v) is 3.96. The van der Waals surface area contributed by atoms with E-state index in [1.807, 2.05) is 36.4 Å². The van der Waals surface area contributed by atoms with Gasteiger partial charge in [-0.15, -0.1) is 11.6 Å². The number of rotatable bonds is 5. The van der Waals surface area contributed by atoms with Crippen LogP contribution < -0.4 is 4.74 Å². The lowest BCUT2D eigenvalue weighted by Gasteiger charge is -2.05. The molecule has 0 N–H and O–H groups in total. The van der Waals surface area contributed by atoms with Crippen LogP contribution in [0.15, 0.2) is 36.4 Å². The number of benzene rings is 1. The first-order valence-electron chi connectivity index (χ1n) is 5.45. The number of pyridine rings is 1. The Morgan fingerprint density at radius 3 is 2.81 bits per heavy atom. The molecular weight excluding hydrogens is 222 g/mol. The number of ether oxygens (including phenoxy) is 1. The first kappa shape index (κ1) is 11.2. The standard InChI is InChI=1S/C13H14ClNO/c14-9-3-4-10-16-13-8-7-11-5-1-2-6-12(11)15-13/h1-2,5-8H,3-4,9-10H2. The molecule has 0 fully saturated rings. The fourth-order valence-electron chi connectivity index (χ4n) is 1.50. The Morgan fingerprint density at radius 1 is 1.06 bits per heavy atom. The van der Waals surface area contributed by atoms with Crippen LogP contribution in [-0.4, -0.2) is 17.5 Å². The minimum atomic E-state index is 0.679. The molecule has 0 unspecified atom stereocenters. The van der Waals surface area contributed by atoms with E-state index in [0.29, 0.717) is 18.4 Å². The molecule has 0 spiro atoms. The predicted molar refractivity (Wildman–Crippen MR) is 67.2 cm³/mol. The van der Waals surface area contributed by atoms with E-state index >= 15 is 0 Å². The summed E-state index contributed by atoms with van der Waals surface area (Å²) < 4.78 is 5.55. The van der Waals surface area contributed by atoms with Crippen LogP contribution in [0.5, 0.6) is 5.88 Å². The van der Waals surface area contributed by atoms with E-state index in [0.717, 1.165) is 23.7 Å². The highest BCUT2D eigenvalue weighted by Crippen LogP contribution is 2.16. The molecule has 0 saturated carbocycles. The van der Waals surface area contributed by atoms with Gasteiger partial charge in [0.1, 0.15) is 0 Å². The summed E-state index contributed by atoms with van der Waals surface area (Å²) in [5, 5.41) is 1.13. The maximum absolute atomic E-state index is 5.59. The Balaban J connectivity index is 2.02. The smallest absolute Gasteiger partial charge is 0.213 e. The van der Waals surface area contributed by atoms with E-state index < -0.39 is 0 Å². The SMILES string of the molecule is ClCCCCOc1ccc2ccccc2n1. The molecule has 1 aromatic heterocycles. The fraction of sp³-hybridized carbons (Fsp3) is 0.308. The molecule has 0 aliphatic carbocycles. The molecule has 16 heavy (non-hydrogen) atoms. The lowest BCUT2D eigenvalue weighted by Crippen LogP contribution is -1.99. The van der Waals surface area contributed by atoms with E-state index in [-0.39, 0.29) is 0 Å². The molecule has 2 aromatic rings. The van der Waals surface area contributed by atoms with Gasteiger partial charge in [-0.2, -0.15) is 0 Å². The number of unbranched alkanes of at least 4 members (excludes halogenated alkanes) is 1. The van der Waals surface area contributed by atoms with Crippen molar-refractivity contribution in [2.24, 2.45) is 0 Å². The third-order valence-electron chi connectivity index (χ3n) is 2.35. The molecule has 0 aliphatic rings. The number of alkyl halides is 1. The highest BCUT2D eigenvalue weighted by Gasteiger charge is 1.98. The topological polar surface area (TPSA) is 22.1 Å². The average molecular weight is 236 g/mol. The maximum atomic E-state index is 5.59. The van der Waals surface area contributed by atoms with Crippen molar-refractivity contribution in [3.8, 4) is 5.88 Å². The Hall–Kier alpha value is -1.28. The van der Waals surface area contributed by atoms with Crippen molar-refractivity contribution in [2.75, 3.05) is 12.5 Å². The van der Waals surface area contributed by atoms with Gasteiger partial charge < -0.3 is 4.74 Å². The van der Waals surface area contributed by atoms with Gasteiger partial charge in [-0.1, -0.05) is 18.2 Å². The first-order valence-corrected chi connectivity index (χ1v) is 5.98. The summed E-state index contributed by atoms with van der Waals surface area (Å²) in [6.07, 6.45) is 1.95. The van der Waals surface area contributed by atoms with Crippen molar-refractivity contribution in [3.63, 3.8) is 0 Å². The zero-order chi connectivity index (χ0) is 11.2. The number of nitrogens with zero attached hydrogens (tertiary/aromatic N) is 1. The number of para-hydroxylation sites is 1. The van der Waals surface area contributed by atoms with E-state index in [9.17, 15) is 0 Å². The molecule has 84 valence electrons. The van der Waals surface area contributed by atoms with E-state index in [1.54, 1.807) is 0 Å². The molecule has 0 bridgehead atoms. The molecule has 0 saturated heterocycles. The molecule has 1 aromatic carbocycles. The number of aromatic nitrogens is 1. The number of halogens is 1. The molecule has 0 aliphatic heterocycles. The lowest BCUT2D eigenvalue weighted by atomic mass is 10.2. The highest BCUT2D eigenvalue weighted by molar-refractivity contribution is 6.17. The molecular formula is C13H14ClNO. The fourth-order valence-corrected chi connectivity index (χ4v) is 1.69. The van der Waals surface area contributed by atoms with Gasteiger partial charge in [-0.25, -0.2) is 4.98 Å². The van der Waals surface area contributed by atoms with Crippen molar-refractivity contribution in [3.05, 3.63) is 36.4 Å². The summed E-state index contributed by atoms with van der Waals surface area (Å²) in [5.74, 6) is 1.38. The Morgan fingerprint density at radius 2 is 1.94 bits per heavy atom. The molecule has 1 heterocycles. The van der Waals surface area contributed by atoms with E-state index in [1.165, 1.54) is 0 Å². The minimum absolute atomic E-state index is 0.679. The Labute approximate surface area is 100 Å². The highest BCUT2D eigenvalue weighted by atomic mass is 35.5. The van der Waals surface area contributed by atoms with Gasteiger partial charge in [0.25, 0.3) is 0 Å². The van der Waals surface area contributed by atoms with Gasteiger partial charge >= 0.3 is 0 Å². The van der Waals surface area contributed by atoms with Crippen LogP contribution in [0.25, 0.3) is 10.9 Å². The molecule has 0 amide bonds. The van der Waals surface area contributed by atoms with Gasteiger partial charge in [0.2, 0.25) is 5.88 Å². The van der Waals surface area contributed by atoms with Crippen LogP contribution in [0.1, 0.15) is 12.8 Å². The van der Waals surface area contributed by atoms with Crippen molar-refractivity contribution in [1.29, 1.82) is 0 Å². The van der Waals surface area contributed by atoms with Crippen molar-refractivity contribution >= 4 is 22.5 Å². The maximum Gasteiger partial charge on any atom is 0.213 e. The van der Waals surface area contributed by atoms with Crippen molar-refractivity contribution < 1.29 is 4.74 Å². The monoisotopic (exact) mass is 235 g/mol. The largest absolute Gasteiger partial charge is 0.478 e. The second kappa shape index (κ2) is 5.71. The number of hydrogen-bond donors (Lipinski definition) is 0. The summed E-state index contributed by atoms with van der Waals surface area (Å²) in [4.78, 5) is 4.42. The summed E-state index contributed by atoms with van der Waals surface area (Å²) in [5.41, 5.74) is 0.970. The normalized spacial score (nSPS) is 10.6. The number of hydrogen-bond acceptors (Lipinski definition) is 2. The van der Waals surface area contributed by atoms with Gasteiger partial charge in [0.15, 0.2) is 0 Å². The van der Waals surface area contributed by atoms with E-state index in [4.69, 9.17) is 16.3 Å². The summed E-state index contributed by atoms with van der Waals surface area (Å²) in [6.45, 7) is 0.679. The molecule has 2 rings (SSSR count). The van der Waals surface area contributed by atoms with Crippen molar-refractivity contribution in [2.45, 2.75) is 12.8 Å². The zero-order valence-electron chi connectivity index (χ0n) is 9.03. The summed E-state index contributed by atoms with van der Waals surface area (Å²) in [7, 11) is 0. The van der Waals surface area contributed by atoms with Gasteiger partial charge in [-0.3, -0.25) is 0 Å². The minimum Gasteiger partial charge on any atom is -0.478 e. The first-order chi connectivity index (χ1) is 7.90. The van der Waals surface area contributed by atoms with Crippen LogP contribution in [0.3, 0.4) is 0 Å². The van der Waals surface area contributed by atoms with Gasteiger partial charge in [0.05, 0.1) is 12.1 Å². The molecule has 2 nitrogen and oxygen atoms in total.